The van der Waals surface area contributed by atoms with E-state index < -0.39 is 11.7 Å². The van der Waals surface area contributed by atoms with Crippen LogP contribution in [0.1, 0.15) is 26.3 Å². The molecule has 0 saturated carbocycles. The number of carbonyl (C=O) groups excluding carboxylic acids is 1. The van der Waals surface area contributed by atoms with Gasteiger partial charge in [-0.2, -0.15) is 0 Å². The summed E-state index contributed by atoms with van der Waals surface area (Å²) in [6, 6.07) is 8.10. The van der Waals surface area contributed by atoms with Crippen LogP contribution in [0, 0.1) is 0 Å². The fourth-order valence-corrected chi connectivity index (χ4v) is 2.54. The summed E-state index contributed by atoms with van der Waals surface area (Å²) in [4.78, 5) is 11.9. The van der Waals surface area contributed by atoms with Gasteiger partial charge in [-0.05, 0) is 44.2 Å². The maximum atomic E-state index is 11.9. The number of para-hydroxylation sites is 1. The molecule has 3 N–H and O–H groups in total. The van der Waals surface area contributed by atoms with Crippen molar-refractivity contribution in [3.05, 3.63) is 36.0 Å². The number of hydrogen-bond donors (Lipinski definition) is 2. The van der Waals surface area contributed by atoms with Gasteiger partial charge in [0.05, 0.1) is 5.52 Å². The molecule has 0 fully saturated rings. The first-order valence-corrected chi connectivity index (χ1v) is 7.52. The predicted octanol–water partition coefficient (Wildman–Crippen LogP) is 2.57. The van der Waals surface area contributed by atoms with Crippen LogP contribution in [0.4, 0.5) is 4.79 Å². The molecule has 2 aromatic rings. The molecule has 2 rings (SSSR count). The average molecular weight is 303 g/mol. The second-order valence-electron chi connectivity index (χ2n) is 6.56. The van der Waals surface area contributed by atoms with Crippen LogP contribution in [-0.4, -0.2) is 28.8 Å². The van der Waals surface area contributed by atoms with E-state index in [0.29, 0.717) is 13.0 Å². The fraction of sp³-hybridized carbons (Fsp3) is 0.471. The van der Waals surface area contributed by atoms with E-state index in [9.17, 15) is 4.79 Å². The highest BCUT2D eigenvalue weighted by atomic mass is 16.6. The standard InChI is InChI=1S/C17H25N3O2/c1-17(2,3)22-16(21)19-14(11-18)10-13-7-5-6-12-8-9-20(4)15(12)13/h5-9,14H,10-11,18H2,1-4H3,(H,19,21). The smallest absolute Gasteiger partial charge is 0.407 e. The lowest BCUT2D eigenvalue weighted by Crippen LogP contribution is -2.44. The second-order valence-corrected chi connectivity index (χ2v) is 6.56. The van der Waals surface area contributed by atoms with Gasteiger partial charge in [0.15, 0.2) is 0 Å². The van der Waals surface area contributed by atoms with Gasteiger partial charge in [0.25, 0.3) is 0 Å². The van der Waals surface area contributed by atoms with Crippen LogP contribution in [0.3, 0.4) is 0 Å². The van der Waals surface area contributed by atoms with Gasteiger partial charge >= 0.3 is 6.09 Å². The lowest BCUT2D eigenvalue weighted by atomic mass is 10.0. The summed E-state index contributed by atoms with van der Waals surface area (Å²) < 4.78 is 7.38. The van der Waals surface area contributed by atoms with E-state index in [1.165, 1.54) is 10.9 Å². The summed E-state index contributed by atoms with van der Waals surface area (Å²) in [7, 11) is 2.02. The molecule has 1 aromatic carbocycles. The van der Waals surface area contributed by atoms with Crippen molar-refractivity contribution in [2.75, 3.05) is 6.54 Å². The number of rotatable bonds is 4. The number of benzene rings is 1. The molecule has 0 radical (unpaired) electrons. The van der Waals surface area contributed by atoms with Gasteiger partial charge in [-0.15, -0.1) is 0 Å². The topological polar surface area (TPSA) is 69.3 Å². The monoisotopic (exact) mass is 303 g/mol. The van der Waals surface area contributed by atoms with Gasteiger partial charge in [0.1, 0.15) is 5.60 Å². The van der Waals surface area contributed by atoms with Gasteiger partial charge in [-0.3, -0.25) is 0 Å². The lowest BCUT2D eigenvalue weighted by molar-refractivity contribution is 0.0506. The Morgan fingerprint density at radius 2 is 2.09 bits per heavy atom. The van der Waals surface area contributed by atoms with Crippen molar-refractivity contribution in [1.29, 1.82) is 0 Å². The summed E-state index contributed by atoms with van der Waals surface area (Å²) in [5.74, 6) is 0. The number of fused-ring (bicyclic) bond motifs is 1. The van der Waals surface area contributed by atoms with Crippen LogP contribution in [-0.2, 0) is 18.2 Å². The molecule has 0 aliphatic heterocycles. The third-order valence-corrected chi connectivity index (χ3v) is 3.45. The number of alkyl carbamates (subject to hydrolysis) is 1. The molecule has 0 aliphatic rings. The molecule has 0 aliphatic carbocycles. The highest BCUT2D eigenvalue weighted by molar-refractivity contribution is 5.83. The molecule has 0 bridgehead atoms. The van der Waals surface area contributed by atoms with Gasteiger partial charge < -0.3 is 20.4 Å². The summed E-state index contributed by atoms with van der Waals surface area (Å²) in [6.45, 7) is 5.89. The summed E-state index contributed by atoms with van der Waals surface area (Å²) in [5, 5.41) is 4.04. The van der Waals surface area contributed by atoms with Crippen LogP contribution in [0.15, 0.2) is 30.5 Å². The molecule has 5 nitrogen and oxygen atoms in total. The molecule has 22 heavy (non-hydrogen) atoms. The highest BCUT2D eigenvalue weighted by Gasteiger charge is 2.19. The van der Waals surface area contributed by atoms with E-state index in [-0.39, 0.29) is 6.04 Å². The zero-order valence-corrected chi connectivity index (χ0v) is 13.7. The number of carbonyl (C=O) groups is 1. The molecule has 1 heterocycles. The van der Waals surface area contributed by atoms with Crippen molar-refractivity contribution in [3.8, 4) is 0 Å². The number of aromatic nitrogens is 1. The Morgan fingerprint density at radius 1 is 1.36 bits per heavy atom. The molecule has 0 spiro atoms. The first-order valence-electron chi connectivity index (χ1n) is 7.52. The Labute approximate surface area is 131 Å². The fourth-order valence-electron chi connectivity index (χ4n) is 2.54. The summed E-state index contributed by atoms with van der Waals surface area (Å²) in [5.41, 5.74) is 7.64. The van der Waals surface area contributed by atoms with E-state index in [4.69, 9.17) is 10.5 Å². The first-order chi connectivity index (χ1) is 10.3. The molecule has 1 aromatic heterocycles. The number of ether oxygens (including phenoxy) is 1. The maximum absolute atomic E-state index is 11.9. The zero-order chi connectivity index (χ0) is 16.3. The molecule has 1 atom stereocenters. The Bertz CT molecular complexity index is 655. The molecule has 5 heteroatoms. The Hall–Kier alpha value is -2.01. The quantitative estimate of drug-likeness (QED) is 0.912. The van der Waals surface area contributed by atoms with Crippen molar-refractivity contribution in [2.24, 2.45) is 12.8 Å². The van der Waals surface area contributed by atoms with E-state index in [1.807, 2.05) is 40.1 Å². The highest BCUT2D eigenvalue weighted by Crippen LogP contribution is 2.20. The van der Waals surface area contributed by atoms with Gasteiger partial charge in [0, 0.05) is 25.8 Å². The minimum Gasteiger partial charge on any atom is -0.444 e. The van der Waals surface area contributed by atoms with E-state index >= 15 is 0 Å². The van der Waals surface area contributed by atoms with E-state index in [2.05, 4.69) is 28.1 Å². The normalized spacial score (nSPS) is 13.1. The Kier molecular flexibility index (Phi) is 4.76. The van der Waals surface area contributed by atoms with Crippen molar-refractivity contribution < 1.29 is 9.53 Å². The molecule has 1 amide bonds. The minimum absolute atomic E-state index is 0.157. The average Bonchev–Trinajstić information content (AvgIpc) is 2.78. The molecular formula is C17H25N3O2. The molecule has 0 saturated heterocycles. The van der Waals surface area contributed by atoms with Crippen LogP contribution in [0.25, 0.3) is 10.9 Å². The third kappa shape index (κ3) is 4.01. The minimum atomic E-state index is -0.513. The largest absolute Gasteiger partial charge is 0.444 e. The zero-order valence-electron chi connectivity index (χ0n) is 13.7. The number of hydrogen-bond acceptors (Lipinski definition) is 3. The van der Waals surface area contributed by atoms with Crippen LogP contribution >= 0.6 is 0 Å². The maximum Gasteiger partial charge on any atom is 0.407 e. The van der Waals surface area contributed by atoms with Crippen molar-refractivity contribution in [2.45, 2.75) is 38.8 Å². The third-order valence-electron chi connectivity index (χ3n) is 3.45. The van der Waals surface area contributed by atoms with Crippen molar-refractivity contribution in [3.63, 3.8) is 0 Å². The summed E-state index contributed by atoms with van der Waals surface area (Å²) >= 11 is 0. The molecular weight excluding hydrogens is 278 g/mol. The second kappa shape index (κ2) is 6.40. The number of nitrogens with one attached hydrogen (secondary N) is 1. The van der Waals surface area contributed by atoms with Crippen LogP contribution in [0.2, 0.25) is 0 Å². The van der Waals surface area contributed by atoms with Crippen LogP contribution in [0.5, 0.6) is 0 Å². The number of aryl methyl sites for hydroxylation is 1. The molecule has 120 valence electrons. The number of nitrogens with two attached hydrogens (primary N) is 1. The number of amides is 1. The predicted molar refractivity (Wildman–Crippen MR) is 88.8 cm³/mol. The Balaban J connectivity index is 2.12. The van der Waals surface area contributed by atoms with Gasteiger partial charge in [-0.1, -0.05) is 18.2 Å². The SMILES string of the molecule is Cn1ccc2cccc(CC(CN)NC(=O)OC(C)(C)C)c21. The first kappa shape index (κ1) is 16.4. The lowest BCUT2D eigenvalue weighted by Gasteiger charge is -2.23. The van der Waals surface area contributed by atoms with Gasteiger partial charge in [-0.25, -0.2) is 4.79 Å². The van der Waals surface area contributed by atoms with Gasteiger partial charge in [0.2, 0.25) is 0 Å². The van der Waals surface area contributed by atoms with Crippen molar-refractivity contribution >= 4 is 17.0 Å². The Morgan fingerprint density at radius 3 is 2.73 bits per heavy atom. The van der Waals surface area contributed by atoms with Crippen LogP contribution < -0.4 is 11.1 Å². The number of nitrogens with zero attached hydrogens (tertiary/aromatic N) is 1. The van der Waals surface area contributed by atoms with E-state index in [0.717, 1.165) is 5.56 Å². The molecule has 1 unspecified atom stereocenters. The summed E-state index contributed by atoms with van der Waals surface area (Å²) in [6.07, 6.45) is 2.28. The van der Waals surface area contributed by atoms with Crippen molar-refractivity contribution in [1.82, 2.24) is 9.88 Å². The van der Waals surface area contributed by atoms with E-state index in [1.54, 1.807) is 0 Å².